The Bertz CT molecular complexity index is 1240. The van der Waals surface area contributed by atoms with Crippen molar-refractivity contribution >= 4 is 39.0 Å². The molecule has 3 aromatic rings. The first-order valence-corrected chi connectivity index (χ1v) is 11.4. The van der Waals surface area contributed by atoms with Gasteiger partial charge in [0.1, 0.15) is 5.82 Å². The van der Waals surface area contributed by atoms with E-state index in [1.54, 1.807) is 44.3 Å². The predicted octanol–water partition coefficient (Wildman–Crippen LogP) is 4.33. The molecule has 0 fully saturated rings. The minimum atomic E-state index is -0.781. The van der Waals surface area contributed by atoms with Gasteiger partial charge in [0, 0.05) is 10.9 Å². The number of aryl methyl sites for hydroxylation is 1. The van der Waals surface area contributed by atoms with Crippen molar-refractivity contribution in [3.63, 3.8) is 0 Å². The monoisotopic (exact) mass is 515 g/mol. The molecule has 0 saturated carbocycles. The second-order valence-electron chi connectivity index (χ2n) is 7.22. The summed E-state index contributed by atoms with van der Waals surface area (Å²) in [6.45, 7) is 5.64. The smallest absolute Gasteiger partial charge is 0.347 e. The van der Waals surface area contributed by atoms with Crippen molar-refractivity contribution in [3.8, 4) is 11.5 Å². The molecule has 0 saturated heterocycles. The molecule has 0 amide bonds. The van der Waals surface area contributed by atoms with Crippen LogP contribution < -0.4 is 15.0 Å². The quantitative estimate of drug-likeness (QED) is 0.311. The van der Waals surface area contributed by atoms with Gasteiger partial charge in [-0.2, -0.15) is 9.78 Å². The molecule has 33 heavy (non-hydrogen) atoms. The summed E-state index contributed by atoms with van der Waals surface area (Å²) in [6.07, 6.45) is 2.22. The van der Waals surface area contributed by atoms with Crippen molar-refractivity contribution in [2.45, 2.75) is 39.7 Å². The lowest BCUT2D eigenvalue weighted by Gasteiger charge is -2.16. The van der Waals surface area contributed by atoms with Crippen LogP contribution >= 0.6 is 15.9 Å². The van der Waals surface area contributed by atoms with Crippen molar-refractivity contribution in [1.82, 2.24) is 9.66 Å². The Morgan fingerprint density at radius 3 is 2.70 bits per heavy atom. The molecule has 3 rings (SSSR count). The van der Waals surface area contributed by atoms with E-state index in [4.69, 9.17) is 14.2 Å². The lowest BCUT2D eigenvalue weighted by Crippen LogP contribution is -2.26. The van der Waals surface area contributed by atoms with E-state index in [2.05, 4.69) is 26.0 Å². The molecule has 1 aromatic heterocycles. The molecular formula is C24H26BrN3O5. The molecule has 0 aliphatic rings. The summed E-state index contributed by atoms with van der Waals surface area (Å²) < 4.78 is 18.2. The number of esters is 1. The van der Waals surface area contributed by atoms with E-state index in [9.17, 15) is 9.59 Å². The number of aromatic nitrogens is 2. The van der Waals surface area contributed by atoms with E-state index >= 15 is 0 Å². The summed E-state index contributed by atoms with van der Waals surface area (Å²) >= 11 is 3.40. The molecule has 0 radical (unpaired) electrons. The zero-order chi connectivity index (χ0) is 24.0. The molecule has 8 nitrogen and oxygen atoms in total. The maximum Gasteiger partial charge on any atom is 0.347 e. The van der Waals surface area contributed by atoms with Gasteiger partial charge in [-0.15, -0.1) is 0 Å². The number of methoxy groups -OCH3 is 1. The Labute approximate surface area is 200 Å². The summed E-state index contributed by atoms with van der Waals surface area (Å²) in [7, 11) is 1.51. The number of ether oxygens (including phenoxy) is 3. The van der Waals surface area contributed by atoms with Crippen LogP contribution in [0, 0.1) is 0 Å². The van der Waals surface area contributed by atoms with Crippen LogP contribution in [0.3, 0.4) is 0 Å². The number of carbonyl (C=O) groups is 1. The number of benzene rings is 2. The minimum Gasteiger partial charge on any atom is -0.493 e. The SMILES string of the molecule is CCCc1nc2ccc(Br)cc2c(=O)n1N=Cc1ccc(O[C@H](C)C(=O)OCC)c(OC)c1. The van der Waals surface area contributed by atoms with Gasteiger partial charge in [-0.1, -0.05) is 22.9 Å². The standard InChI is InChI=1S/C24H26BrN3O5/c1-5-7-22-27-19-10-9-17(25)13-18(19)23(29)28(22)26-14-16-8-11-20(21(12-16)31-4)33-15(3)24(30)32-6-2/h8-15H,5-7H2,1-4H3/t15-/m1/s1. The normalized spacial score (nSPS) is 12.2. The predicted molar refractivity (Wildman–Crippen MR) is 130 cm³/mol. The fourth-order valence-electron chi connectivity index (χ4n) is 3.18. The summed E-state index contributed by atoms with van der Waals surface area (Å²) in [5, 5.41) is 4.91. The van der Waals surface area contributed by atoms with Crippen LogP contribution in [0.15, 0.2) is 50.8 Å². The highest BCUT2D eigenvalue weighted by molar-refractivity contribution is 9.10. The fraction of sp³-hybridized carbons (Fsp3) is 0.333. The van der Waals surface area contributed by atoms with Gasteiger partial charge in [0.15, 0.2) is 17.6 Å². The lowest BCUT2D eigenvalue weighted by molar-refractivity contribution is -0.150. The van der Waals surface area contributed by atoms with Gasteiger partial charge in [0.25, 0.3) is 5.56 Å². The second kappa shape index (κ2) is 11.1. The number of rotatable bonds is 9. The third-order valence-corrected chi connectivity index (χ3v) is 5.27. The van der Waals surface area contributed by atoms with Crippen LogP contribution in [-0.2, 0) is 16.0 Å². The van der Waals surface area contributed by atoms with Crippen molar-refractivity contribution in [2.75, 3.05) is 13.7 Å². The van der Waals surface area contributed by atoms with Gasteiger partial charge in [0.05, 0.1) is 30.8 Å². The molecule has 1 atom stereocenters. The second-order valence-corrected chi connectivity index (χ2v) is 8.14. The number of hydrogen-bond acceptors (Lipinski definition) is 7. The molecule has 174 valence electrons. The molecule has 2 aromatic carbocycles. The zero-order valence-electron chi connectivity index (χ0n) is 19.0. The Balaban J connectivity index is 1.94. The largest absolute Gasteiger partial charge is 0.493 e. The third-order valence-electron chi connectivity index (χ3n) is 4.78. The number of hydrogen-bond donors (Lipinski definition) is 0. The maximum atomic E-state index is 13.1. The van der Waals surface area contributed by atoms with Crippen LogP contribution in [-0.4, -0.2) is 41.7 Å². The number of carbonyl (C=O) groups excluding carboxylic acids is 1. The average Bonchev–Trinajstić information content (AvgIpc) is 2.80. The number of fused-ring (bicyclic) bond motifs is 1. The highest BCUT2D eigenvalue weighted by Gasteiger charge is 2.18. The Morgan fingerprint density at radius 1 is 1.21 bits per heavy atom. The summed E-state index contributed by atoms with van der Waals surface area (Å²) in [4.78, 5) is 29.6. The fourth-order valence-corrected chi connectivity index (χ4v) is 3.54. The Morgan fingerprint density at radius 2 is 2.00 bits per heavy atom. The first-order chi connectivity index (χ1) is 15.9. The molecule has 0 spiro atoms. The number of nitrogens with zero attached hydrogens (tertiary/aromatic N) is 3. The van der Waals surface area contributed by atoms with E-state index < -0.39 is 12.1 Å². The van der Waals surface area contributed by atoms with Crippen LogP contribution in [0.1, 0.15) is 38.6 Å². The Hall–Kier alpha value is -3.20. The van der Waals surface area contributed by atoms with E-state index in [0.29, 0.717) is 40.2 Å². The van der Waals surface area contributed by atoms with Gasteiger partial charge in [-0.05, 0) is 62.2 Å². The van der Waals surface area contributed by atoms with Crippen LogP contribution in [0.2, 0.25) is 0 Å². The molecule has 9 heteroatoms. The molecular weight excluding hydrogens is 490 g/mol. The van der Waals surface area contributed by atoms with E-state index in [0.717, 1.165) is 10.9 Å². The van der Waals surface area contributed by atoms with Crippen molar-refractivity contribution in [2.24, 2.45) is 5.10 Å². The first-order valence-electron chi connectivity index (χ1n) is 10.6. The zero-order valence-corrected chi connectivity index (χ0v) is 20.6. The van der Waals surface area contributed by atoms with Crippen molar-refractivity contribution < 1.29 is 19.0 Å². The topological polar surface area (TPSA) is 92.0 Å². The summed E-state index contributed by atoms with van der Waals surface area (Å²) in [5.41, 5.74) is 1.08. The molecule has 0 aliphatic carbocycles. The summed E-state index contributed by atoms with van der Waals surface area (Å²) in [5.74, 6) is 0.959. The first kappa shape index (κ1) is 24.4. The average molecular weight is 516 g/mol. The van der Waals surface area contributed by atoms with Gasteiger partial charge >= 0.3 is 5.97 Å². The van der Waals surface area contributed by atoms with Crippen LogP contribution in [0.25, 0.3) is 10.9 Å². The van der Waals surface area contributed by atoms with Gasteiger partial charge < -0.3 is 14.2 Å². The minimum absolute atomic E-state index is 0.240. The highest BCUT2D eigenvalue weighted by atomic mass is 79.9. The molecule has 0 aliphatic heterocycles. The molecule has 0 unspecified atom stereocenters. The highest BCUT2D eigenvalue weighted by Crippen LogP contribution is 2.28. The Kier molecular flexibility index (Phi) is 8.21. The lowest BCUT2D eigenvalue weighted by atomic mass is 10.2. The van der Waals surface area contributed by atoms with Crippen molar-refractivity contribution in [1.29, 1.82) is 0 Å². The molecule has 0 bridgehead atoms. The van der Waals surface area contributed by atoms with Crippen LogP contribution in [0.4, 0.5) is 0 Å². The van der Waals surface area contributed by atoms with Crippen molar-refractivity contribution in [3.05, 3.63) is 62.6 Å². The van der Waals surface area contributed by atoms with Gasteiger partial charge in [-0.3, -0.25) is 4.79 Å². The maximum absolute atomic E-state index is 13.1. The third kappa shape index (κ3) is 5.78. The molecule has 0 N–H and O–H groups in total. The molecule has 1 heterocycles. The van der Waals surface area contributed by atoms with E-state index in [-0.39, 0.29) is 12.2 Å². The van der Waals surface area contributed by atoms with Crippen LogP contribution in [0.5, 0.6) is 11.5 Å². The van der Waals surface area contributed by atoms with Gasteiger partial charge in [-0.25, -0.2) is 9.78 Å². The van der Waals surface area contributed by atoms with E-state index in [1.165, 1.54) is 11.8 Å². The van der Waals surface area contributed by atoms with E-state index in [1.807, 2.05) is 19.1 Å². The number of halogens is 1. The van der Waals surface area contributed by atoms with Gasteiger partial charge in [0.2, 0.25) is 0 Å². The summed E-state index contributed by atoms with van der Waals surface area (Å²) in [6, 6.07) is 10.6.